The van der Waals surface area contributed by atoms with Crippen molar-refractivity contribution >= 4 is 17.6 Å². The maximum absolute atomic E-state index is 12.5. The van der Waals surface area contributed by atoms with E-state index in [0.29, 0.717) is 24.4 Å². The number of anilines is 1. The zero-order valence-corrected chi connectivity index (χ0v) is 16.5. The standard InChI is InChI=1S/C21H24N2O5/c1-22(2)20(24)19-13-23(12-14-5-8-16(26-3)9-6-14)17-11-15(21(25)27-4)7-10-18(17)28-19/h5-11,19H,12-13H2,1-4H3. The molecule has 148 valence electrons. The number of carbonyl (C=O) groups is 2. The number of amides is 1. The molecule has 0 N–H and O–H groups in total. The number of esters is 1. The molecule has 1 amide bonds. The molecule has 1 aliphatic rings. The smallest absolute Gasteiger partial charge is 0.337 e. The van der Waals surface area contributed by atoms with Gasteiger partial charge in [0.1, 0.15) is 11.5 Å². The van der Waals surface area contributed by atoms with E-state index in [1.165, 1.54) is 12.0 Å². The molecular formula is C21H24N2O5. The van der Waals surface area contributed by atoms with E-state index in [0.717, 1.165) is 17.0 Å². The van der Waals surface area contributed by atoms with Gasteiger partial charge in [-0.2, -0.15) is 0 Å². The van der Waals surface area contributed by atoms with Crippen LogP contribution in [0.4, 0.5) is 5.69 Å². The van der Waals surface area contributed by atoms with Crippen LogP contribution in [0.1, 0.15) is 15.9 Å². The summed E-state index contributed by atoms with van der Waals surface area (Å²) in [6, 6.07) is 12.8. The van der Waals surface area contributed by atoms with Crippen molar-refractivity contribution < 1.29 is 23.8 Å². The van der Waals surface area contributed by atoms with Crippen molar-refractivity contribution in [2.75, 3.05) is 39.8 Å². The SMILES string of the molecule is COC(=O)c1ccc2c(c1)N(Cc1ccc(OC)cc1)CC(C(=O)N(C)C)O2. The van der Waals surface area contributed by atoms with E-state index in [4.69, 9.17) is 14.2 Å². The molecule has 1 heterocycles. The van der Waals surface area contributed by atoms with Crippen LogP contribution in [-0.4, -0.2) is 57.7 Å². The molecule has 7 heteroatoms. The number of methoxy groups -OCH3 is 2. The van der Waals surface area contributed by atoms with Crippen LogP contribution in [0.25, 0.3) is 0 Å². The Balaban J connectivity index is 1.95. The third-order valence-electron chi connectivity index (χ3n) is 4.62. The molecule has 0 fully saturated rings. The second-order valence-corrected chi connectivity index (χ2v) is 6.74. The Labute approximate surface area is 164 Å². The molecule has 0 aliphatic carbocycles. The molecule has 0 aromatic heterocycles. The number of nitrogens with zero attached hydrogens (tertiary/aromatic N) is 2. The van der Waals surface area contributed by atoms with E-state index >= 15 is 0 Å². The first kappa shape index (κ1) is 19.5. The summed E-state index contributed by atoms with van der Waals surface area (Å²) in [7, 11) is 6.38. The van der Waals surface area contributed by atoms with Gasteiger partial charge in [-0.25, -0.2) is 4.79 Å². The second-order valence-electron chi connectivity index (χ2n) is 6.74. The normalized spacial score (nSPS) is 15.3. The van der Waals surface area contributed by atoms with Gasteiger partial charge in [-0.15, -0.1) is 0 Å². The predicted molar refractivity (Wildman–Crippen MR) is 105 cm³/mol. The van der Waals surface area contributed by atoms with Crippen molar-refractivity contribution in [3.05, 3.63) is 53.6 Å². The number of hydrogen-bond donors (Lipinski definition) is 0. The molecule has 1 unspecified atom stereocenters. The van der Waals surface area contributed by atoms with Crippen molar-refractivity contribution in [3.8, 4) is 11.5 Å². The molecular weight excluding hydrogens is 360 g/mol. The first-order chi connectivity index (χ1) is 13.4. The Morgan fingerprint density at radius 2 is 1.86 bits per heavy atom. The zero-order chi connectivity index (χ0) is 20.3. The molecule has 0 radical (unpaired) electrons. The van der Waals surface area contributed by atoms with E-state index < -0.39 is 12.1 Å². The van der Waals surface area contributed by atoms with Gasteiger partial charge in [0.15, 0.2) is 6.10 Å². The topological polar surface area (TPSA) is 68.3 Å². The Hall–Kier alpha value is -3.22. The summed E-state index contributed by atoms with van der Waals surface area (Å²) in [4.78, 5) is 28.0. The number of benzene rings is 2. The average Bonchev–Trinajstić information content (AvgIpc) is 2.72. The monoisotopic (exact) mass is 384 g/mol. The summed E-state index contributed by atoms with van der Waals surface area (Å²) in [5.41, 5.74) is 2.23. The van der Waals surface area contributed by atoms with Crippen molar-refractivity contribution in [2.45, 2.75) is 12.6 Å². The summed E-state index contributed by atoms with van der Waals surface area (Å²) in [6.45, 7) is 0.933. The van der Waals surface area contributed by atoms with Crippen LogP contribution in [0.15, 0.2) is 42.5 Å². The minimum Gasteiger partial charge on any atom is -0.497 e. The van der Waals surface area contributed by atoms with Crippen LogP contribution >= 0.6 is 0 Å². The van der Waals surface area contributed by atoms with Crippen molar-refractivity contribution in [1.82, 2.24) is 4.90 Å². The molecule has 0 bridgehead atoms. The molecule has 0 saturated heterocycles. The van der Waals surface area contributed by atoms with Crippen molar-refractivity contribution in [3.63, 3.8) is 0 Å². The van der Waals surface area contributed by atoms with Crippen LogP contribution in [0.3, 0.4) is 0 Å². The predicted octanol–water partition coefficient (Wildman–Crippen LogP) is 2.34. The average molecular weight is 384 g/mol. The maximum Gasteiger partial charge on any atom is 0.337 e. The largest absolute Gasteiger partial charge is 0.497 e. The van der Waals surface area contributed by atoms with Crippen LogP contribution in [-0.2, 0) is 16.1 Å². The zero-order valence-electron chi connectivity index (χ0n) is 16.5. The molecule has 2 aromatic rings. The van der Waals surface area contributed by atoms with Crippen LogP contribution < -0.4 is 14.4 Å². The Bertz CT molecular complexity index is 864. The number of likely N-dealkylation sites (N-methyl/N-ethyl adjacent to an activating group) is 1. The van der Waals surface area contributed by atoms with Gasteiger partial charge in [0, 0.05) is 20.6 Å². The molecule has 0 spiro atoms. The highest BCUT2D eigenvalue weighted by Crippen LogP contribution is 2.36. The fraction of sp³-hybridized carbons (Fsp3) is 0.333. The summed E-state index contributed by atoms with van der Waals surface area (Å²) >= 11 is 0. The number of ether oxygens (including phenoxy) is 3. The second kappa shape index (κ2) is 8.21. The first-order valence-electron chi connectivity index (χ1n) is 8.91. The lowest BCUT2D eigenvalue weighted by Gasteiger charge is -2.36. The van der Waals surface area contributed by atoms with E-state index in [1.54, 1.807) is 39.4 Å². The quantitative estimate of drug-likeness (QED) is 0.737. The summed E-state index contributed by atoms with van der Waals surface area (Å²) in [5, 5.41) is 0. The van der Waals surface area contributed by atoms with Gasteiger partial charge >= 0.3 is 5.97 Å². The highest BCUT2D eigenvalue weighted by atomic mass is 16.5. The maximum atomic E-state index is 12.5. The van der Waals surface area contributed by atoms with E-state index in [-0.39, 0.29) is 5.91 Å². The van der Waals surface area contributed by atoms with Gasteiger partial charge in [0.2, 0.25) is 0 Å². The van der Waals surface area contributed by atoms with Crippen LogP contribution in [0.5, 0.6) is 11.5 Å². The number of fused-ring (bicyclic) bond motifs is 1. The van der Waals surface area contributed by atoms with Crippen molar-refractivity contribution in [1.29, 1.82) is 0 Å². The van der Waals surface area contributed by atoms with Gasteiger partial charge < -0.3 is 24.0 Å². The highest BCUT2D eigenvalue weighted by Gasteiger charge is 2.32. The fourth-order valence-corrected chi connectivity index (χ4v) is 3.12. The molecule has 1 aliphatic heterocycles. The lowest BCUT2D eigenvalue weighted by molar-refractivity contribution is -0.136. The van der Waals surface area contributed by atoms with Gasteiger partial charge in [-0.05, 0) is 35.9 Å². The summed E-state index contributed by atoms with van der Waals surface area (Å²) in [5.74, 6) is 0.813. The van der Waals surface area contributed by atoms with E-state index in [2.05, 4.69) is 0 Å². The number of carbonyl (C=O) groups excluding carboxylic acids is 2. The Morgan fingerprint density at radius 1 is 1.14 bits per heavy atom. The Morgan fingerprint density at radius 3 is 2.46 bits per heavy atom. The molecule has 3 rings (SSSR count). The summed E-state index contributed by atoms with van der Waals surface area (Å²) < 4.78 is 16.0. The fourth-order valence-electron chi connectivity index (χ4n) is 3.12. The van der Waals surface area contributed by atoms with Gasteiger partial charge in [0.25, 0.3) is 5.91 Å². The van der Waals surface area contributed by atoms with Gasteiger partial charge in [-0.3, -0.25) is 4.79 Å². The Kier molecular flexibility index (Phi) is 5.73. The molecule has 2 aromatic carbocycles. The molecule has 1 atom stereocenters. The number of rotatable bonds is 5. The minimum absolute atomic E-state index is 0.109. The highest BCUT2D eigenvalue weighted by molar-refractivity contribution is 5.91. The van der Waals surface area contributed by atoms with Crippen LogP contribution in [0.2, 0.25) is 0 Å². The van der Waals surface area contributed by atoms with Gasteiger partial charge in [0.05, 0.1) is 32.0 Å². The molecule has 0 saturated carbocycles. The first-order valence-corrected chi connectivity index (χ1v) is 8.91. The van der Waals surface area contributed by atoms with Gasteiger partial charge in [-0.1, -0.05) is 12.1 Å². The number of hydrogen-bond acceptors (Lipinski definition) is 6. The lowest BCUT2D eigenvalue weighted by atomic mass is 10.1. The lowest BCUT2D eigenvalue weighted by Crippen LogP contribution is -2.48. The summed E-state index contributed by atoms with van der Waals surface area (Å²) in [6.07, 6.45) is -0.621. The van der Waals surface area contributed by atoms with E-state index in [9.17, 15) is 9.59 Å². The third-order valence-corrected chi connectivity index (χ3v) is 4.62. The molecule has 28 heavy (non-hydrogen) atoms. The van der Waals surface area contributed by atoms with Crippen molar-refractivity contribution in [2.24, 2.45) is 0 Å². The minimum atomic E-state index is -0.621. The van der Waals surface area contributed by atoms with E-state index in [1.807, 2.05) is 29.2 Å². The molecule has 7 nitrogen and oxygen atoms in total. The third kappa shape index (κ3) is 4.03. The van der Waals surface area contributed by atoms with Crippen LogP contribution in [0, 0.1) is 0 Å².